The van der Waals surface area contributed by atoms with Gasteiger partial charge in [0.15, 0.2) is 0 Å². The molecule has 2 aromatic carbocycles. The van der Waals surface area contributed by atoms with Gasteiger partial charge in [-0.2, -0.15) is 0 Å². The second-order valence-corrected chi connectivity index (χ2v) is 5.66. The maximum Gasteiger partial charge on any atom is 0.126 e. The summed E-state index contributed by atoms with van der Waals surface area (Å²) in [6, 6.07) is 12.7. The number of hydrogen-bond acceptors (Lipinski definition) is 2. The average molecular weight is 285 g/mol. The maximum atomic E-state index is 13.2. The Bertz CT molecular complexity index is 641. The van der Waals surface area contributed by atoms with E-state index in [1.807, 2.05) is 6.07 Å². The monoisotopic (exact) mass is 285 g/mol. The van der Waals surface area contributed by atoms with Crippen molar-refractivity contribution in [2.45, 2.75) is 32.2 Å². The summed E-state index contributed by atoms with van der Waals surface area (Å²) >= 11 is 0. The van der Waals surface area contributed by atoms with Crippen LogP contribution in [0, 0.1) is 5.82 Å². The molecule has 21 heavy (non-hydrogen) atoms. The lowest BCUT2D eigenvalue weighted by molar-refractivity contribution is 0.454. The van der Waals surface area contributed by atoms with Crippen LogP contribution >= 0.6 is 0 Å². The Kier molecular flexibility index (Phi) is 3.82. The van der Waals surface area contributed by atoms with Crippen molar-refractivity contribution in [2.75, 3.05) is 11.4 Å². The van der Waals surface area contributed by atoms with Crippen molar-refractivity contribution in [3.05, 3.63) is 59.4 Å². The molecule has 1 aliphatic rings. The number of aromatic hydroxyl groups is 1. The SMILES string of the molecule is CC(c1ccc(F)cc1O)N1CCCCc2ccccc21. The van der Waals surface area contributed by atoms with Crippen molar-refractivity contribution in [3.63, 3.8) is 0 Å². The lowest BCUT2D eigenvalue weighted by Gasteiger charge is -2.32. The first kappa shape index (κ1) is 13.9. The third-order valence-electron chi connectivity index (χ3n) is 4.31. The summed E-state index contributed by atoms with van der Waals surface area (Å²) < 4.78 is 13.2. The second kappa shape index (κ2) is 5.76. The molecule has 110 valence electrons. The van der Waals surface area contributed by atoms with E-state index in [1.54, 1.807) is 6.07 Å². The topological polar surface area (TPSA) is 23.5 Å². The summed E-state index contributed by atoms with van der Waals surface area (Å²) in [7, 11) is 0. The second-order valence-electron chi connectivity index (χ2n) is 5.66. The highest BCUT2D eigenvalue weighted by Crippen LogP contribution is 2.36. The number of fused-ring (bicyclic) bond motifs is 1. The molecule has 2 nitrogen and oxygen atoms in total. The van der Waals surface area contributed by atoms with Gasteiger partial charge in [-0.05, 0) is 43.9 Å². The van der Waals surface area contributed by atoms with Crippen molar-refractivity contribution in [1.29, 1.82) is 0 Å². The quantitative estimate of drug-likeness (QED) is 0.882. The molecule has 0 saturated heterocycles. The number of rotatable bonds is 2. The van der Waals surface area contributed by atoms with Crippen LogP contribution in [0.2, 0.25) is 0 Å². The van der Waals surface area contributed by atoms with Gasteiger partial charge in [0.05, 0.1) is 6.04 Å². The number of anilines is 1. The van der Waals surface area contributed by atoms with Gasteiger partial charge in [0.25, 0.3) is 0 Å². The van der Waals surface area contributed by atoms with Gasteiger partial charge in [-0.1, -0.05) is 24.3 Å². The van der Waals surface area contributed by atoms with E-state index >= 15 is 0 Å². The third-order valence-corrected chi connectivity index (χ3v) is 4.31. The van der Waals surface area contributed by atoms with Gasteiger partial charge < -0.3 is 10.0 Å². The molecule has 2 aromatic rings. The zero-order chi connectivity index (χ0) is 14.8. The first-order valence-electron chi connectivity index (χ1n) is 7.50. The minimum absolute atomic E-state index is 0.0184. The smallest absolute Gasteiger partial charge is 0.126 e. The molecule has 3 rings (SSSR count). The molecule has 0 aromatic heterocycles. The Morgan fingerprint density at radius 1 is 1.14 bits per heavy atom. The lowest BCUT2D eigenvalue weighted by Crippen LogP contribution is -2.27. The molecule has 0 spiro atoms. The Morgan fingerprint density at radius 2 is 1.95 bits per heavy atom. The molecule has 1 atom stereocenters. The molecule has 3 heteroatoms. The standard InChI is InChI=1S/C18H20FNO/c1-13(16-10-9-15(19)12-18(16)21)20-11-5-4-7-14-6-2-3-8-17(14)20/h2-3,6,8-10,12-13,21H,4-5,7,11H2,1H3. The molecule has 0 bridgehead atoms. The van der Waals surface area contributed by atoms with Crippen LogP contribution in [0.1, 0.15) is 36.9 Å². The zero-order valence-electron chi connectivity index (χ0n) is 12.2. The Balaban J connectivity index is 1.99. The van der Waals surface area contributed by atoms with E-state index in [9.17, 15) is 9.50 Å². The number of halogens is 1. The van der Waals surface area contributed by atoms with Crippen LogP contribution in [0.5, 0.6) is 5.75 Å². The van der Waals surface area contributed by atoms with Crippen LogP contribution in [0.3, 0.4) is 0 Å². The Labute approximate surface area is 124 Å². The molecule has 1 heterocycles. The Morgan fingerprint density at radius 3 is 2.76 bits per heavy atom. The fourth-order valence-corrected chi connectivity index (χ4v) is 3.16. The normalized spacial score (nSPS) is 16.2. The summed E-state index contributed by atoms with van der Waals surface area (Å²) in [5.74, 6) is -0.371. The van der Waals surface area contributed by atoms with Gasteiger partial charge in [0, 0.05) is 23.9 Å². The molecule has 0 fully saturated rings. The van der Waals surface area contributed by atoms with Gasteiger partial charge >= 0.3 is 0 Å². The van der Waals surface area contributed by atoms with Crippen molar-refractivity contribution >= 4 is 5.69 Å². The van der Waals surface area contributed by atoms with Gasteiger partial charge in [-0.15, -0.1) is 0 Å². The first-order valence-corrected chi connectivity index (χ1v) is 7.50. The highest BCUT2D eigenvalue weighted by molar-refractivity contribution is 5.57. The average Bonchev–Trinajstić information content (AvgIpc) is 2.69. The van der Waals surface area contributed by atoms with E-state index in [0.717, 1.165) is 24.9 Å². The molecule has 0 saturated carbocycles. The molecule has 1 N–H and O–H groups in total. The van der Waals surface area contributed by atoms with E-state index in [-0.39, 0.29) is 11.8 Å². The van der Waals surface area contributed by atoms with Crippen molar-refractivity contribution in [3.8, 4) is 5.75 Å². The molecular weight excluding hydrogens is 265 g/mol. The lowest BCUT2D eigenvalue weighted by atomic mass is 10.0. The van der Waals surface area contributed by atoms with Crippen LogP contribution in [0.4, 0.5) is 10.1 Å². The van der Waals surface area contributed by atoms with Crippen LogP contribution in [-0.4, -0.2) is 11.7 Å². The largest absolute Gasteiger partial charge is 0.507 e. The van der Waals surface area contributed by atoms with Crippen molar-refractivity contribution in [2.24, 2.45) is 0 Å². The molecule has 1 aliphatic heterocycles. The van der Waals surface area contributed by atoms with Crippen LogP contribution in [0.25, 0.3) is 0 Å². The summed E-state index contributed by atoms with van der Waals surface area (Å²) in [5.41, 5.74) is 3.35. The van der Waals surface area contributed by atoms with Crippen molar-refractivity contribution in [1.82, 2.24) is 0 Å². The highest BCUT2D eigenvalue weighted by Gasteiger charge is 2.22. The fraction of sp³-hybridized carbons (Fsp3) is 0.333. The van der Waals surface area contributed by atoms with Gasteiger partial charge in [0.2, 0.25) is 0 Å². The molecule has 1 unspecified atom stereocenters. The first-order chi connectivity index (χ1) is 10.2. The van der Waals surface area contributed by atoms with E-state index < -0.39 is 5.82 Å². The fourth-order valence-electron chi connectivity index (χ4n) is 3.16. The summed E-state index contributed by atoms with van der Waals surface area (Å²) in [5, 5.41) is 10.0. The van der Waals surface area contributed by atoms with Crippen LogP contribution in [-0.2, 0) is 6.42 Å². The number of para-hydroxylation sites is 1. The van der Waals surface area contributed by atoms with Crippen molar-refractivity contribution < 1.29 is 9.50 Å². The molecule has 0 amide bonds. The zero-order valence-corrected chi connectivity index (χ0v) is 12.2. The number of benzene rings is 2. The van der Waals surface area contributed by atoms with Crippen LogP contribution in [0.15, 0.2) is 42.5 Å². The summed E-state index contributed by atoms with van der Waals surface area (Å²) in [6.07, 6.45) is 3.39. The Hall–Kier alpha value is -2.03. The summed E-state index contributed by atoms with van der Waals surface area (Å²) in [6.45, 7) is 3.02. The molecule has 0 radical (unpaired) electrons. The predicted molar refractivity (Wildman–Crippen MR) is 83.2 cm³/mol. The number of aryl methyl sites for hydroxylation is 1. The minimum atomic E-state index is -0.403. The minimum Gasteiger partial charge on any atom is -0.507 e. The molecule has 0 aliphatic carbocycles. The predicted octanol–water partition coefficient (Wildman–Crippen LogP) is 4.44. The third kappa shape index (κ3) is 2.73. The van der Waals surface area contributed by atoms with Gasteiger partial charge in [-0.3, -0.25) is 0 Å². The highest BCUT2D eigenvalue weighted by atomic mass is 19.1. The van der Waals surface area contributed by atoms with E-state index in [4.69, 9.17) is 0 Å². The summed E-state index contributed by atoms with van der Waals surface area (Å²) in [4.78, 5) is 2.31. The number of phenols is 1. The van der Waals surface area contributed by atoms with Gasteiger partial charge in [0.1, 0.15) is 11.6 Å². The van der Waals surface area contributed by atoms with E-state index in [1.165, 1.54) is 29.8 Å². The molecular formula is C18H20FNO. The van der Waals surface area contributed by atoms with Gasteiger partial charge in [-0.25, -0.2) is 4.39 Å². The number of phenolic OH excluding ortho intramolecular Hbond substituents is 1. The number of hydrogen-bond donors (Lipinski definition) is 1. The number of nitrogens with zero attached hydrogens (tertiary/aromatic N) is 1. The van der Waals surface area contributed by atoms with E-state index in [0.29, 0.717) is 0 Å². The van der Waals surface area contributed by atoms with E-state index in [2.05, 4.69) is 30.0 Å². The maximum absolute atomic E-state index is 13.2. The van der Waals surface area contributed by atoms with Crippen LogP contribution < -0.4 is 4.90 Å².